The molecule has 12 heteroatoms. The van der Waals surface area contributed by atoms with E-state index in [1.54, 1.807) is 6.20 Å². The van der Waals surface area contributed by atoms with Crippen LogP contribution < -0.4 is 4.72 Å². The number of thiophene rings is 1. The third kappa shape index (κ3) is 4.62. The second-order valence-corrected chi connectivity index (χ2v) is 8.78. The van der Waals surface area contributed by atoms with Gasteiger partial charge in [-0.1, -0.05) is 12.1 Å². The molecule has 3 rings (SSSR count). The first-order valence-corrected chi connectivity index (χ1v) is 10.7. The van der Waals surface area contributed by atoms with E-state index < -0.39 is 22.0 Å². The van der Waals surface area contributed by atoms with Gasteiger partial charge < -0.3 is 9.09 Å². The minimum absolute atomic E-state index is 0.00376. The smallest absolute Gasteiger partial charge is 0.351 e. The first kappa shape index (κ1) is 20.6. The molecule has 152 valence electrons. The van der Waals surface area contributed by atoms with E-state index in [0.717, 1.165) is 29.6 Å². The predicted molar refractivity (Wildman–Crippen MR) is 96.2 cm³/mol. The van der Waals surface area contributed by atoms with E-state index in [1.807, 2.05) is 17.7 Å². The number of aromatic nitrogens is 3. The van der Waals surface area contributed by atoms with Crippen molar-refractivity contribution in [3.63, 3.8) is 0 Å². The van der Waals surface area contributed by atoms with Gasteiger partial charge in [0.25, 0.3) is 0 Å². The van der Waals surface area contributed by atoms with E-state index in [-0.39, 0.29) is 22.0 Å². The molecule has 0 aliphatic rings. The Morgan fingerprint density at radius 3 is 2.79 bits per heavy atom. The van der Waals surface area contributed by atoms with Crippen molar-refractivity contribution < 1.29 is 26.1 Å². The second kappa shape index (κ2) is 8.05. The molecule has 3 heterocycles. The van der Waals surface area contributed by atoms with Gasteiger partial charge >= 0.3 is 6.18 Å². The predicted octanol–water partition coefficient (Wildman–Crippen LogP) is 3.55. The molecule has 0 spiro atoms. The number of hydrogen-bond donors (Lipinski definition) is 1. The molecule has 0 saturated carbocycles. The lowest BCUT2D eigenvalue weighted by molar-refractivity contribution is -0.155. The average molecular weight is 434 g/mol. The van der Waals surface area contributed by atoms with Crippen LogP contribution in [0.3, 0.4) is 0 Å². The minimum Gasteiger partial charge on any atom is -0.351 e. The summed E-state index contributed by atoms with van der Waals surface area (Å²) < 4.78 is 71.3. The van der Waals surface area contributed by atoms with Crippen LogP contribution in [-0.2, 0) is 29.2 Å². The highest BCUT2D eigenvalue weighted by molar-refractivity contribution is 7.91. The van der Waals surface area contributed by atoms with Gasteiger partial charge in [-0.25, -0.2) is 18.1 Å². The van der Waals surface area contributed by atoms with Crippen molar-refractivity contribution in [3.05, 3.63) is 41.5 Å². The molecule has 3 aromatic heterocycles. The van der Waals surface area contributed by atoms with E-state index in [2.05, 4.69) is 19.4 Å². The topological polar surface area (TPSA) is 90.0 Å². The van der Waals surface area contributed by atoms with Crippen LogP contribution >= 0.6 is 11.3 Å². The van der Waals surface area contributed by atoms with Crippen molar-refractivity contribution in [1.29, 1.82) is 0 Å². The summed E-state index contributed by atoms with van der Waals surface area (Å²) in [6.45, 7) is 2.84. The Balaban J connectivity index is 1.61. The van der Waals surface area contributed by atoms with Crippen molar-refractivity contribution in [2.75, 3.05) is 6.54 Å². The molecule has 0 bridgehead atoms. The van der Waals surface area contributed by atoms with Crippen LogP contribution in [0, 0.1) is 0 Å². The molecule has 0 fully saturated rings. The fraction of sp³-hybridized carbons (Fsp3) is 0.375. The Kier molecular flexibility index (Phi) is 5.91. The Labute approximate surface area is 163 Å². The SMILES string of the molecule is CCc1nccn1CCCNS(=O)(=O)c1cc(-c2cc(C(F)(F)F)on2)cs1. The number of sulfonamides is 1. The minimum atomic E-state index is -4.65. The number of imidazole rings is 1. The third-order valence-corrected chi connectivity index (χ3v) is 6.81. The van der Waals surface area contributed by atoms with Gasteiger partial charge in [0.1, 0.15) is 15.7 Å². The van der Waals surface area contributed by atoms with Crippen LogP contribution in [0.5, 0.6) is 0 Å². The Bertz CT molecular complexity index is 1040. The van der Waals surface area contributed by atoms with E-state index in [9.17, 15) is 21.6 Å². The van der Waals surface area contributed by atoms with Crippen molar-refractivity contribution in [1.82, 2.24) is 19.4 Å². The lowest BCUT2D eigenvalue weighted by Crippen LogP contribution is -2.25. The summed E-state index contributed by atoms with van der Waals surface area (Å²) in [5.41, 5.74) is 0.174. The second-order valence-electron chi connectivity index (χ2n) is 5.87. The summed E-state index contributed by atoms with van der Waals surface area (Å²) in [5, 5.41) is 4.78. The Morgan fingerprint density at radius 2 is 2.11 bits per heavy atom. The maximum Gasteiger partial charge on any atom is 0.452 e. The Morgan fingerprint density at radius 1 is 1.32 bits per heavy atom. The van der Waals surface area contributed by atoms with Gasteiger partial charge in [-0.3, -0.25) is 0 Å². The number of aryl methyl sites for hydroxylation is 2. The maximum atomic E-state index is 12.6. The summed E-state index contributed by atoms with van der Waals surface area (Å²) in [4.78, 5) is 4.20. The summed E-state index contributed by atoms with van der Waals surface area (Å²) in [6.07, 6.45) is 0.245. The highest BCUT2D eigenvalue weighted by Crippen LogP contribution is 2.34. The van der Waals surface area contributed by atoms with Gasteiger partial charge in [-0.15, -0.1) is 11.3 Å². The van der Waals surface area contributed by atoms with Crippen molar-refractivity contribution in [3.8, 4) is 11.3 Å². The van der Waals surface area contributed by atoms with Crippen molar-refractivity contribution in [2.45, 2.75) is 36.7 Å². The fourth-order valence-corrected chi connectivity index (χ4v) is 4.81. The lowest BCUT2D eigenvalue weighted by atomic mass is 10.2. The van der Waals surface area contributed by atoms with Crippen LogP contribution in [0.25, 0.3) is 11.3 Å². The molecule has 0 unspecified atom stereocenters. The van der Waals surface area contributed by atoms with Gasteiger partial charge in [0.05, 0.1) is 0 Å². The van der Waals surface area contributed by atoms with Gasteiger partial charge in [0.2, 0.25) is 15.8 Å². The van der Waals surface area contributed by atoms with E-state index in [4.69, 9.17) is 0 Å². The molecule has 1 N–H and O–H groups in total. The third-order valence-electron chi connectivity index (χ3n) is 3.91. The van der Waals surface area contributed by atoms with E-state index in [1.165, 1.54) is 11.4 Å². The molecule has 7 nitrogen and oxygen atoms in total. The van der Waals surface area contributed by atoms with Crippen LogP contribution in [0.1, 0.15) is 24.9 Å². The van der Waals surface area contributed by atoms with Gasteiger partial charge in [-0.2, -0.15) is 13.2 Å². The summed E-state index contributed by atoms with van der Waals surface area (Å²) in [5.74, 6) is -0.307. The molecule has 0 saturated heterocycles. The monoisotopic (exact) mass is 434 g/mol. The molecule has 0 aromatic carbocycles. The fourth-order valence-electron chi connectivity index (χ4n) is 2.52. The van der Waals surface area contributed by atoms with Gasteiger partial charge in [0.15, 0.2) is 0 Å². The number of alkyl halides is 3. The normalized spacial score (nSPS) is 12.6. The van der Waals surface area contributed by atoms with Crippen LogP contribution in [0.2, 0.25) is 0 Å². The maximum absolute atomic E-state index is 12.6. The first-order chi connectivity index (χ1) is 13.2. The quantitative estimate of drug-likeness (QED) is 0.548. The Hall–Kier alpha value is -2.18. The van der Waals surface area contributed by atoms with Crippen molar-refractivity contribution in [2.24, 2.45) is 0 Å². The largest absolute Gasteiger partial charge is 0.452 e. The molecule has 0 amide bonds. The number of nitrogens with one attached hydrogen (secondary N) is 1. The zero-order valence-electron chi connectivity index (χ0n) is 14.7. The number of hydrogen-bond acceptors (Lipinski definition) is 6. The number of rotatable bonds is 8. The van der Waals surface area contributed by atoms with E-state index in [0.29, 0.717) is 13.0 Å². The van der Waals surface area contributed by atoms with Gasteiger partial charge in [-0.05, 0) is 12.5 Å². The zero-order valence-corrected chi connectivity index (χ0v) is 16.4. The first-order valence-electron chi connectivity index (χ1n) is 8.33. The molecule has 0 aliphatic heterocycles. The lowest BCUT2D eigenvalue weighted by Gasteiger charge is -2.07. The van der Waals surface area contributed by atoms with Crippen LogP contribution in [-0.4, -0.2) is 29.7 Å². The molecular formula is C16H17F3N4O3S2. The standard InChI is InChI=1S/C16H17F3N4O3S2/c1-2-14-20-5-7-23(14)6-3-4-21-28(24,25)15-8-11(10-27-15)12-9-13(26-22-12)16(17,18)19/h5,7-10,21H,2-4,6H2,1H3. The van der Waals surface area contributed by atoms with Crippen LogP contribution in [0.4, 0.5) is 13.2 Å². The average Bonchev–Trinajstić information content (AvgIpc) is 3.37. The molecule has 3 aromatic rings. The van der Waals surface area contributed by atoms with Crippen LogP contribution in [0.15, 0.2) is 38.6 Å². The van der Waals surface area contributed by atoms with E-state index >= 15 is 0 Å². The summed E-state index contributed by atoms with van der Waals surface area (Å²) in [6, 6.07) is 2.01. The van der Waals surface area contributed by atoms with Crippen molar-refractivity contribution >= 4 is 21.4 Å². The number of halogens is 3. The molecule has 0 radical (unpaired) electrons. The highest BCUT2D eigenvalue weighted by Gasteiger charge is 2.36. The molecule has 0 aliphatic carbocycles. The number of nitrogens with zero attached hydrogens (tertiary/aromatic N) is 3. The summed E-state index contributed by atoms with van der Waals surface area (Å²) >= 11 is 0.901. The molecule has 0 atom stereocenters. The zero-order chi connectivity index (χ0) is 20.4. The van der Waals surface area contributed by atoms with Gasteiger partial charge in [0, 0.05) is 48.9 Å². The highest BCUT2D eigenvalue weighted by atomic mass is 32.2. The summed E-state index contributed by atoms with van der Waals surface area (Å²) in [7, 11) is -3.76. The molecule has 28 heavy (non-hydrogen) atoms. The molecular weight excluding hydrogens is 417 g/mol.